The van der Waals surface area contributed by atoms with Crippen LogP contribution in [0.4, 0.5) is 9.18 Å². The van der Waals surface area contributed by atoms with E-state index in [1.807, 2.05) is 0 Å². The highest BCUT2D eigenvalue weighted by molar-refractivity contribution is 7.86. The molecule has 0 aromatic heterocycles. The van der Waals surface area contributed by atoms with Crippen molar-refractivity contribution < 1.29 is 31.3 Å². The van der Waals surface area contributed by atoms with Gasteiger partial charge in [0.25, 0.3) is 10.1 Å². The summed E-state index contributed by atoms with van der Waals surface area (Å²) in [5.41, 5.74) is 0. The lowest BCUT2D eigenvalue weighted by Crippen LogP contribution is -2.39. The normalized spacial score (nSPS) is 22.3. The molecule has 1 rings (SSSR count). The summed E-state index contributed by atoms with van der Waals surface area (Å²) in [6.45, 7) is 2.95. The Kier molecular flexibility index (Phi) is 7.06. The quantitative estimate of drug-likeness (QED) is 0.371. The van der Waals surface area contributed by atoms with Gasteiger partial charge in [0.2, 0.25) is 0 Å². The third-order valence-electron chi connectivity index (χ3n) is 2.78. The summed E-state index contributed by atoms with van der Waals surface area (Å²) < 4.78 is 49.2. The number of nitrogens with zero attached hydrogens (tertiary/aromatic N) is 1. The van der Waals surface area contributed by atoms with Crippen LogP contribution in [0.15, 0.2) is 12.7 Å². The fraction of sp³-hybridized carbons (Fsp3) is 0.750. The van der Waals surface area contributed by atoms with Crippen molar-refractivity contribution in [1.29, 1.82) is 0 Å². The summed E-state index contributed by atoms with van der Waals surface area (Å²) in [5.74, 6) is 0. The van der Waals surface area contributed by atoms with Crippen LogP contribution in [0.3, 0.4) is 0 Å². The molecule has 0 unspecified atom stereocenters. The van der Waals surface area contributed by atoms with E-state index in [4.69, 9.17) is 13.7 Å². The van der Waals surface area contributed by atoms with E-state index in [2.05, 4.69) is 6.58 Å². The number of likely N-dealkylation sites (tertiary alicyclic amines) is 1. The number of rotatable bonds is 8. The Balaban J connectivity index is 2.65. The van der Waals surface area contributed by atoms with E-state index in [0.29, 0.717) is 0 Å². The molecule has 0 N–H and O–H groups in total. The molecule has 1 heterocycles. The number of alkyl halides is 1. The van der Waals surface area contributed by atoms with Crippen LogP contribution in [-0.2, 0) is 23.8 Å². The lowest BCUT2D eigenvalue weighted by molar-refractivity contribution is 0.0569. The Labute approximate surface area is 123 Å². The number of hydrogen-bond acceptors (Lipinski definition) is 6. The van der Waals surface area contributed by atoms with Crippen molar-refractivity contribution in [3.8, 4) is 0 Å². The minimum atomic E-state index is -3.62. The zero-order valence-corrected chi connectivity index (χ0v) is 12.7. The Morgan fingerprint density at radius 2 is 2.24 bits per heavy atom. The molecule has 0 aromatic carbocycles. The fourth-order valence-electron chi connectivity index (χ4n) is 2.06. The lowest BCUT2D eigenvalue weighted by Gasteiger charge is -2.23. The molecule has 0 bridgehead atoms. The maximum absolute atomic E-state index is 12.0. The van der Waals surface area contributed by atoms with E-state index in [-0.39, 0.29) is 32.8 Å². The van der Waals surface area contributed by atoms with Crippen LogP contribution in [-0.4, -0.2) is 70.9 Å². The van der Waals surface area contributed by atoms with E-state index in [0.717, 1.165) is 6.26 Å². The maximum atomic E-state index is 12.0. The molecule has 122 valence electrons. The highest BCUT2D eigenvalue weighted by atomic mass is 32.2. The van der Waals surface area contributed by atoms with Crippen molar-refractivity contribution in [1.82, 2.24) is 4.90 Å². The average Bonchev–Trinajstić information content (AvgIpc) is 2.77. The van der Waals surface area contributed by atoms with E-state index in [1.165, 1.54) is 11.0 Å². The van der Waals surface area contributed by atoms with Gasteiger partial charge in [0.05, 0.1) is 38.2 Å². The number of carbonyl (C=O) groups is 1. The van der Waals surface area contributed by atoms with E-state index in [1.54, 1.807) is 0 Å². The van der Waals surface area contributed by atoms with Gasteiger partial charge < -0.3 is 14.4 Å². The van der Waals surface area contributed by atoms with Gasteiger partial charge in [-0.15, -0.1) is 0 Å². The molecule has 7 nitrogen and oxygen atoms in total. The summed E-state index contributed by atoms with van der Waals surface area (Å²) in [4.78, 5) is 13.2. The molecule has 1 aliphatic rings. The first kappa shape index (κ1) is 17.9. The number of ether oxygens (including phenoxy) is 2. The van der Waals surface area contributed by atoms with Gasteiger partial charge in [-0.05, 0) is 6.42 Å². The summed E-state index contributed by atoms with van der Waals surface area (Å²) in [6, 6.07) is -0.416. The Bertz CT molecular complexity index is 455. The molecule has 1 amide bonds. The maximum Gasteiger partial charge on any atom is 0.410 e. The van der Waals surface area contributed by atoms with Gasteiger partial charge >= 0.3 is 6.09 Å². The molecule has 0 radical (unpaired) electrons. The molecular weight excluding hydrogens is 305 g/mol. The molecular formula is C12H20FNO6S. The average molecular weight is 325 g/mol. The zero-order valence-electron chi connectivity index (χ0n) is 11.9. The molecule has 0 saturated carbocycles. The van der Waals surface area contributed by atoms with Gasteiger partial charge in [-0.25, -0.2) is 9.18 Å². The first-order valence-corrected chi connectivity index (χ1v) is 8.25. The van der Waals surface area contributed by atoms with Crippen LogP contribution < -0.4 is 0 Å². The molecule has 9 heteroatoms. The third-order valence-corrected chi connectivity index (χ3v) is 3.40. The molecule has 2 atom stereocenters. The Hall–Kier alpha value is -1.19. The minimum absolute atomic E-state index is 0.0466. The first-order chi connectivity index (χ1) is 9.87. The van der Waals surface area contributed by atoms with Crippen molar-refractivity contribution >= 4 is 16.2 Å². The number of amides is 1. The van der Waals surface area contributed by atoms with Gasteiger partial charge in [0, 0.05) is 0 Å². The predicted molar refractivity (Wildman–Crippen MR) is 73.2 cm³/mol. The van der Waals surface area contributed by atoms with Gasteiger partial charge in [-0.1, -0.05) is 12.7 Å². The molecule has 1 fully saturated rings. The standard InChI is InChI=1S/C12H20FNO6S/c1-3-5-19-12(15)14-8-11(20-21(2,16)17)7-10(14)9-18-6-4-13/h3,10-11H,1,4-9H2,2H3/t10-,11+/m0/s1. The van der Waals surface area contributed by atoms with E-state index in [9.17, 15) is 17.6 Å². The fourth-order valence-corrected chi connectivity index (χ4v) is 2.69. The van der Waals surface area contributed by atoms with Crippen molar-refractivity contribution in [2.45, 2.75) is 18.6 Å². The third kappa shape index (κ3) is 6.40. The largest absolute Gasteiger partial charge is 0.445 e. The van der Waals surface area contributed by atoms with Gasteiger partial charge in [-0.3, -0.25) is 4.18 Å². The SMILES string of the molecule is C=CCOC(=O)N1C[C@H](OS(C)(=O)=O)C[C@H]1COCCF. The summed E-state index contributed by atoms with van der Waals surface area (Å²) >= 11 is 0. The predicted octanol–water partition coefficient (Wildman–Crippen LogP) is 0.714. The van der Waals surface area contributed by atoms with Crippen LogP contribution in [0.2, 0.25) is 0 Å². The monoisotopic (exact) mass is 325 g/mol. The topological polar surface area (TPSA) is 82.1 Å². The van der Waals surface area contributed by atoms with Crippen LogP contribution in [0.25, 0.3) is 0 Å². The van der Waals surface area contributed by atoms with Gasteiger partial charge in [0.1, 0.15) is 13.3 Å². The summed E-state index contributed by atoms with van der Waals surface area (Å²) in [6.07, 6.45) is 1.38. The van der Waals surface area contributed by atoms with Crippen molar-refractivity contribution in [2.24, 2.45) is 0 Å². The highest BCUT2D eigenvalue weighted by Gasteiger charge is 2.38. The number of halogens is 1. The smallest absolute Gasteiger partial charge is 0.410 e. The number of hydrogen-bond donors (Lipinski definition) is 0. The molecule has 21 heavy (non-hydrogen) atoms. The van der Waals surface area contributed by atoms with Gasteiger partial charge in [0.15, 0.2) is 0 Å². The van der Waals surface area contributed by atoms with Crippen LogP contribution in [0, 0.1) is 0 Å². The molecule has 1 saturated heterocycles. The van der Waals surface area contributed by atoms with Crippen molar-refractivity contribution in [3.63, 3.8) is 0 Å². The lowest BCUT2D eigenvalue weighted by atomic mass is 10.2. The molecule has 0 spiro atoms. The number of carbonyl (C=O) groups excluding carboxylic acids is 1. The summed E-state index contributed by atoms with van der Waals surface area (Å²) in [5, 5.41) is 0. The zero-order chi connectivity index (χ0) is 15.9. The highest BCUT2D eigenvalue weighted by Crippen LogP contribution is 2.23. The minimum Gasteiger partial charge on any atom is -0.445 e. The van der Waals surface area contributed by atoms with E-state index >= 15 is 0 Å². The second kappa shape index (κ2) is 8.30. The Morgan fingerprint density at radius 3 is 2.81 bits per heavy atom. The molecule has 0 aromatic rings. The van der Waals surface area contributed by atoms with Crippen molar-refractivity contribution in [3.05, 3.63) is 12.7 Å². The summed E-state index contributed by atoms with van der Waals surface area (Å²) in [7, 11) is -3.62. The van der Waals surface area contributed by atoms with Crippen molar-refractivity contribution in [2.75, 3.05) is 39.3 Å². The second-order valence-electron chi connectivity index (χ2n) is 4.59. The van der Waals surface area contributed by atoms with E-state index < -0.39 is 35.0 Å². The first-order valence-electron chi connectivity index (χ1n) is 6.43. The van der Waals surface area contributed by atoms with Crippen LogP contribution >= 0.6 is 0 Å². The van der Waals surface area contributed by atoms with Crippen LogP contribution in [0.1, 0.15) is 6.42 Å². The Morgan fingerprint density at radius 1 is 1.52 bits per heavy atom. The van der Waals surface area contributed by atoms with Crippen LogP contribution in [0.5, 0.6) is 0 Å². The molecule has 1 aliphatic heterocycles. The molecule has 0 aliphatic carbocycles. The second-order valence-corrected chi connectivity index (χ2v) is 6.19. The van der Waals surface area contributed by atoms with Gasteiger partial charge in [-0.2, -0.15) is 8.42 Å².